The van der Waals surface area contributed by atoms with Gasteiger partial charge in [-0.15, -0.1) is 0 Å². The summed E-state index contributed by atoms with van der Waals surface area (Å²) in [6.45, 7) is 0. The highest BCUT2D eigenvalue weighted by molar-refractivity contribution is 6.33. The van der Waals surface area contributed by atoms with Gasteiger partial charge in [-0.1, -0.05) is 47.5 Å². The van der Waals surface area contributed by atoms with Gasteiger partial charge in [0.05, 0.1) is 21.4 Å². The van der Waals surface area contributed by atoms with E-state index >= 15 is 0 Å². The molecule has 4 rings (SSSR count). The van der Waals surface area contributed by atoms with E-state index in [0.29, 0.717) is 32.9 Å². The predicted molar refractivity (Wildman–Crippen MR) is 128 cm³/mol. The molecule has 0 aliphatic rings. The minimum absolute atomic E-state index is 0.473. The molecule has 0 saturated carbocycles. The van der Waals surface area contributed by atoms with Crippen molar-refractivity contribution in [3.8, 4) is 23.0 Å². The molecule has 0 aliphatic carbocycles. The second-order valence-corrected chi connectivity index (χ2v) is 7.85. The second kappa shape index (κ2) is 9.21. The summed E-state index contributed by atoms with van der Waals surface area (Å²) in [7, 11) is 0. The standard InChI is InChI=1S/C25H20Cl2N2O2/c26-22-14-20(9-11-24(22)28)30-18-5-1-16(2-6-18)13-17-3-7-19(8-4-17)31-21-10-12-25(29)23(27)15-21/h1-12,14-15H,13,28-29H2. The third-order valence-corrected chi connectivity index (χ3v) is 5.32. The summed E-state index contributed by atoms with van der Waals surface area (Å²) in [6.07, 6.45) is 0.794. The van der Waals surface area contributed by atoms with Crippen molar-refractivity contribution < 1.29 is 9.47 Å². The lowest BCUT2D eigenvalue weighted by Gasteiger charge is -2.09. The van der Waals surface area contributed by atoms with Crippen LogP contribution in [0.4, 0.5) is 11.4 Å². The summed E-state index contributed by atoms with van der Waals surface area (Å²) in [6, 6.07) is 26.3. The molecule has 0 atom stereocenters. The molecule has 0 aromatic heterocycles. The van der Waals surface area contributed by atoms with Crippen LogP contribution in [0.3, 0.4) is 0 Å². The number of halogens is 2. The normalized spacial score (nSPS) is 10.6. The molecular formula is C25H20Cl2N2O2. The van der Waals surface area contributed by atoms with Crippen molar-refractivity contribution in [2.24, 2.45) is 0 Å². The van der Waals surface area contributed by atoms with E-state index < -0.39 is 0 Å². The first-order valence-electron chi connectivity index (χ1n) is 9.60. The molecule has 0 heterocycles. The number of hydrogen-bond acceptors (Lipinski definition) is 4. The molecule has 0 bridgehead atoms. The zero-order chi connectivity index (χ0) is 21.8. The maximum Gasteiger partial charge on any atom is 0.129 e. The van der Waals surface area contributed by atoms with Crippen molar-refractivity contribution >= 4 is 34.6 Å². The van der Waals surface area contributed by atoms with Gasteiger partial charge in [0, 0.05) is 12.1 Å². The number of benzene rings is 4. The van der Waals surface area contributed by atoms with E-state index in [2.05, 4.69) is 0 Å². The van der Waals surface area contributed by atoms with Crippen LogP contribution < -0.4 is 20.9 Å². The van der Waals surface area contributed by atoms with Gasteiger partial charge in [-0.3, -0.25) is 0 Å². The number of nitrogen functional groups attached to an aromatic ring is 2. The second-order valence-electron chi connectivity index (χ2n) is 7.04. The van der Waals surface area contributed by atoms with Crippen LogP contribution in [0.25, 0.3) is 0 Å². The highest BCUT2D eigenvalue weighted by atomic mass is 35.5. The van der Waals surface area contributed by atoms with Gasteiger partial charge in [-0.25, -0.2) is 0 Å². The molecule has 0 fully saturated rings. The van der Waals surface area contributed by atoms with Crippen LogP contribution in [0.5, 0.6) is 23.0 Å². The number of nitrogens with two attached hydrogens (primary N) is 2. The van der Waals surface area contributed by atoms with Gasteiger partial charge in [0.1, 0.15) is 23.0 Å². The Balaban J connectivity index is 1.37. The lowest BCUT2D eigenvalue weighted by molar-refractivity contribution is 0.482. The summed E-state index contributed by atoms with van der Waals surface area (Å²) in [4.78, 5) is 0. The molecular weight excluding hydrogens is 431 g/mol. The average molecular weight is 451 g/mol. The molecule has 4 nitrogen and oxygen atoms in total. The van der Waals surface area contributed by atoms with Gasteiger partial charge in [0.15, 0.2) is 0 Å². The maximum atomic E-state index is 6.04. The molecule has 4 N–H and O–H groups in total. The fourth-order valence-electron chi connectivity index (χ4n) is 3.00. The molecule has 6 heteroatoms. The van der Waals surface area contributed by atoms with Crippen LogP contribution >= 0.6 is 23.2 Å². The topological polar surface area (TPSA) is 70.5 Å². The molecule has 31 heavy (non-hydrogen) atoms. The monoisotopic (exact) mass is 450 g/mol. The lowest BCUT2D eigenvalue weighted by Crippen LogP contribution is -1.91. The van der Waals surface area contributed by atoms with E-state index in [4.69, 9.17) is 44.1 Å². The summed E-state index contributed by atoms with van der Waals surface area (Å²) in [5.41, 5.74) is 14.8. The van der Waals surface area contributed by atoms with E-state index in [0.717, 1.165) is 17.9 Å². The van der Waals surface area contributed by atoms with Crippen LogP contribution in [0.15, 0.2) is 84.9 Å². The van der Waals surface area contributed by atoms with Gasteiger partial charge in [-0.2, -0.15) is 0 Å². The Bertz CT molecular complexity index is 1100. The summed E-state index contributed by atoms with van der Waals surface area (Å²) < 4.78 is 11.7. The van der Waals surface area contributed by atoms with Crippen molar-refractivity contribution in [1.82, 2.24) is 0 Å². The van der Waals surface area contributed by atoms with Gasteiger partial charge in [0.25, 0.3) is 0 Å². The van der Waals surface area contributed by atoms with Gasteiger partial charge >= 0.3 is 0 Å². The van der Waals surface area contributed by atoms with E-state index in [9.17, 15) is 0 Å². The average Bonchev–Trinajstić information content (AvgIpc) is 2.76. The minimum Gasteiger partial charge on any atom is -0.457 e. The minimum atomic E-state index is 0.473. The third kappa shape index (κ3) is 5.43. The molecule has 0 spiro atoms. The van der Waals surface area contributed by atoms with E-state index in [1.165, 1.54) is 11.1 Å². The number of hydrogen-bond donors (Lipinski definition) is 2. The molecule has 4 aromatic carbocycles. The summed E-state index contributed by atoms with van der Waals surface area (Å²) in [5, 5.41) is 0.946. The Morgan fingerprint density at radius 1 is 0.516 bits per heavy atom. The zero-order valence-electron chi connectivity index (χ0n) is 16.5. The van der Waals surface area contributed by atoms with Crippen LogP contribution in [0.2, 0.25) is 10.0 Å². The molecule has 0 unspecified atom stereocenters. The Kier molecular flexibility index (Phi) is 6.21. The SMILES string of the molecule is Nc1ccc(Oc2ccc(Cc3ccc(Oc4ccc(N)c(Cl)c4)cc3)cc2)cc1Cl. The van der Waals surface area contributed by atoms with Crippen molar-refractivity contribution in [1.29, 1.82) is 0 Å². The Morgan fingerprint density at radius 3 is 1.23 bits per heavy atom. The van der Waals surface area contributed by atoms with Crippen molar-refractivity contribution in [3.63, 3.8) is 0 Å². The first-order valence-corrected chi connectivity index (χ1v) is 10.4. The number of ether oxygens (including phenoxy) is 2. The molecule has 156 valence electrons. The Hall–Kier alpha value is -3.34. The van der Waals surface area contributed by atoms with E-state index in [-0.39, 0.29) is 0 Å². The first kappa shape index (κ1) is 20.9. The maximum absolute atomic E-state index is 6.04. The Morgan fingerprint density at radius 2 is 0.871 bits per heavy atom. The summed E-state index contributed by atoms with van der Waals surface area (Å²) in [5.74, 6) is 2.75. The van der Waals surface area contributed by atoms with Crippen molar-refractivity contribution in [3.05, 3.63) is 106 Å². The zero-order valence-corrected chi connectivity index (χ0v) is 18.0. The van der Waals surface area contributed by atoms with Gasteiger partial charge in [0.2, 0.25) is 0 Å². The largest absolute Gasteiger partial charge is 0.457 e. The molecule has 0 radical (unpaired) electrons. The van der Waals surface area contributed by atoms with Crippen molar-refractivity contribution in [2.75, 3.05) is 11.5 Å². The Labute approximate surface area is 190 Å². The molecule has 0 aliphatic heterocycles. The fraction of sp³-hybridized carbons (Fsp3) is 0.0400. The molecule has 0 amide bonds. The van der Waals surface area contributed by atoms with Gasteiger partial charge in [-0.05, 0) is 66.1 Å². The van der Waals surface area contributed by atoms with Crippen LogP contribution in [-0.4, -0.2) is 0 Å². The van der Waals surface area contributed by atoms with E-state index in [1.807, 2.05) is 48.5 Å². The molecule has 4 aromatic rings. The van der Waals surface area contributed by atoms with Crippen LogP contribution in [0, 0.1) is 0 Å². The number of rotatable bonds is 6. The number of anilines is 2. The fourth-order valence-corrected chi connectivity index (χ4v) is 3.34. The van der Waals surface area contributed by atoms with Crippen LogP contribution in [0.1, 0.15) is 11.1 Å². The predicted octanol–water partition coefficient (Wildman–Crippen LogP) is 7.33. The first-order chi connectivity index (χ1) is 15.0. The van der Waals surface area contributed by atoms with Gasteiger partial charge < -0.3 is 20.9 Å². The smallest absolute Gasteiger partial charge is 0.129 e. The highest BCUT2D eigenvalue weighted by Crippen LogP contribution is 2.30. The summed E-state index contributed by atoms with van der Waals surface area (Å²) >= 11 is 12.1. The quantitative estimate of drug-likeness (QED) is 0.301. The van der Waals surface area contributed by atoms with Crippen molar-refractivity contribution in [2.45, 2.75) is 6.42 Å². The van der Waals surface area contributed by atoms with E-state index in [1.54, 1.807) is 36.4 Å². The lowest BCUT2D eigenvalue weighted by atomic mass is 10.0. The highest BCUT2D eigenvalue weighted by Gasteiger charge is 2.04. The van der Waals surface area contributed by atoms with Crippen LogP contribution in [-0.2, 0) is 6.42 Å². The molecule has 0 saturated heterocycles. The third-order valence-electron chi connectivity index (χ3n) is 4.67.